The lowest BCUT2D eigenvalue weighted by Crippen LogP contribution is -2.09. The molecule has 3 aromatic rings. The maximum atomic E-state index is 4.47. The lowest BCUT2D eigenvalue weighted by atomic mass is 10.0. The lowest BCUT2D eigenvalue weighted by molar-refractivity contribution is 0.883. The number of pyridine rings is 1. The molecular formula is C20H24N4. The van der Waals surface area contributed by atoms with Crippen LogP contribution < -0.4 is 5.32 Å². The number of hydrogen-bond donors (Lipinski definition) is 2. The van der Waals surface area contributed by atoms with Gasteiger partial charge < -0.3 is 5.32 Å². The zero-order valence-corrected chi connectivity index (χ0v) is 14.5. The van der Waals surface area contributed by atoms with Crippen molar-refractivity contribution in [2.75, 3.05) is 5.32 Å². The third kappa shape index (κ3) is 3.65. The van der Waals surface area contributed by atoms with Gasteiger partial charge in [0.15, 0.2) is 0 Å². The molecule has 0 saturated heterocycles. The second-order valence-corrected chi connectivity index (χ2v) is 6.31. The fourth-order valence-electron chi connectivity index (χ4n) is 2.83. The molecule has 0 bridgehead atoms. The number of benzene rings is 1. The Hall–Kier alpha value is -2.62. The first-order chi connectivity index (χ1) is 11.7. The Morgan fingerprint density at radius 3 is 2.58 bits per heavy atom. The van der Waals surface area contributed by atoms with Gasteiger partial charge >= 0.3 is 0 Å². The third-order valence-electron chi connectivity index (χ3n) is 3.89. The van der Waals surface area contributed by atoms with Crippen molar-refractivity contribution in [2.45, 2.75) is 39.7 Å². The van der Waals surface area contributed by atoms with Gasteiger partial charge in [0.2, 0.25) is 0 Å². The summed E-state index contributed by atoms with van der Waals surface area (Å²) in [5, 5.41) is 10.9. The normalized spacial score (nSPS) is 11.0. The van der Waals surface area contributed by atoms with E-state index in [2.05, 4.69) is 71.6 Å². The summed E-state index contributed by atoms with van der Waals surface area (Å²) in [6.07, 6.45) is 5.91. The number of anilines is 1. The van der Waals surface area contributed by atoms with Crippen molar-refractivity contribution in [2.24, 2.45) is 0 Å². The fraction of sp³-hybridized carbons (Fsp3) is 0.300. The van der Waals surface area contributed by atoms with Crippen molar-refractivity contribution in [1.29, 1.82) is 0 Å². The van der Waals surface area contributed by atoms with Gasteiger partial charge in [-0.25, -0.2) is 0 Å². The Labute approximate surface area is 143 Å². The number of nitrogens with zero attached hydrogens (tertiary/aromatic N) is 2. The summed E-state index contributed by atoms with van der Waals surface area (Å²) in [6, 6.07) is 13.1. The standard InChI is InChI=1S/C20H24N4/c1-4-5-18-12-16(10-11-21-18)20-19(13-22-24-20)15-6-8-17(9-7-15)23-14(2)3/h6-14,23H,4-5H2,1-3H3,(H,22,24). The van der Waals surface area contributed by atoms with E-state index < -0.39 is 0 Å². The van der Waals surface area contributed by atoms with Crippen LogP contribution in [0.2, 0.25) is 0 Å². The van der Waals surface area contributed by atoms with Crippen molar-refractivity contribution in [3.05, 3.63) is 54.5 Å². The summed E-state index contributed by atoms with van der Waals surface area (Å²) in [7, 11) is 0. The van der Waals surface area contributed by atoms with Gasteiger partial charge in [-0.1, -0.05) is 25.5 Å². The van der Waals surface area contributed by atoms with Gasteiger partial charge in [0, 0.05) is 40.9 Å². The smallest absolute Gasteiger partial charge is 0.1000 e. The van der Waals surface area contributed by atoms with Crippen LogP contribution in [-0.4, -0.2) is 21.2 Å². The molecule has 0 spiro atoms. The van der Waals surface area contributed by atoms with Crippen LogP contribution in [-0.2, 0) is 6.42 Å². The predicted octanol–water partition coefficient (Wildman–Crippen LogP) is 4.91. The third-order valence-corrected chi connectivity index (χ3v) is 3.89. The quantitative estimate of drug-likeness (QED) is 0.678. The second kappa shape index (κ2) is 7.30. The van der Waals surface area contributed by atoms with Crippen LogP contribution in [0.5, 0.6) is 0 Å². The van der Waals surface area contributed by atoms with Crippen molar-refractivity contribution < 1.29 is 0 Å². The van der Waals surface area contributed by atoms with E-state index in [1.54, 1.807) is 0 Å². The van der Waals surface area contributed by atoms with Gasteiger partial charge in [-0.2, -0.15) is 5.10 Å². The number of hydrogen-bond acceptors (Lipinski definition) is 3. The van der Waals surface area contributed by atoms with E-state index >= 15 is 0 Å². The molecule has 24 heavy (non-hydrogen) atoms. The number of aromatic nitrogens is 3. The van der Waals surface area contributed by atoms with Crippen molar-refractivity contribution >= 4 is 5.69 Å². The summed E-state index contributed by atoms with van der Waals surface area (Å²) in [4.78, 5) is 4.43. The molecule has 0 radical (unpaired) electrons. The van der Waals surface area contributed by atoms with E-state index in [0.717, 1.165) is 46.6 Å². The Morgan fingerprint density at radius 2 is 1.88 bits per heavy atom. The molecule has 0 fully saturated rings. The highest BCUT2D eigenvalue weighted by molar-refractivity contribution is 5.80. The van der Waals surface area contributed by atoms with Gasteiger partial charge in [0.05, 0.1) is 5.69 Å². The van der Waals surface area contributed by atoms with Gasteiger partial charge in [0.1, 0.15) is 0 Å². The molecule has 2 aromatic heterocycles. The van der Waals surface area contributed by atoms with Crippen LogP contribution in [0.4, 0.5) is 5.69 Å². The van der Waals surface area contributed by atoms with Crippen molar-refractivity contribution in [1.82, 2.24) is 15.2 Å². The number of aromatic amines is 1. The van der Waals surface area contributed by atoms with Crippen LogP contribution in [0, 0.1) is 0 Å². The van der Waals surface area contributed by atoms with E-state index in [9.17, 15) is 0 Å². The minimum absolute atomic E-state index is 0.425. The summed E-state index contributed by atoms with van der Waals surface area (Å²) in [6.45, 7) is 6.44. The molecule has 0 aliphatic carbocycles. The zero-order valence-electron chi connectivity index (χ0n) is 14.5. The zero-order chi connectivity index (χ0) is 16.9. The molecule has 3 rings (SSSR count). The summed E-state index contributed by atoms with van der Waals surface area (Å²) in [5.74, 6) is 0. The van der Waals surface area contributed by atoms with Crippen molar-refractivity contribution in [3.63, 3.8) is 0 Å². The molecule has 0 aliphatic rings. The number of H-pyrrole nitrogens is 1. The second-order valence-electron chi connectivity index (χ2n) is 6.31. The van der Waals surface area contributed by atoms with Crippen LogP contribution >= 0.6 is 0 Å². The molecule has 0 unspecified atom stereocenters. The Kier molecular flexibility index (Phi) is 4.94. The first-order valence-corrected chi connectivity index (χ1v) is 8.53. The highest BCUT2D eigenvalue weighted by Crippen LogP contribution is 2.31. The molecular weight excluding hydrogens is 296 g/mol. The molecule has 0 atom stereocenters. The molecule has 2 heterocycles. The first kappa shape index (κ1) is 16.2. The average molecular weight is 320 g/mol. The van der Waals surface area contributed by atoms with Gasteiger partial charge in [-0.15, -0.1) is 0 Å². The highest BCUT2D eigenvalue weighted by Gasteiger charge is 2.11. The Balaban J connectivity index is 1.91. The summed E-state index contributed by atoms with van der Waals surface area (Å²) in [5.41, 5.74) is 6.59. The molecule has 0 saturated carbocycles. The molecule has 4 nitrogen and oxygen atoms in total. The SMILES string of the molecule is CCCc1cc(-c2n[nH]cc2-c2ccc(NC(C)C)cc2)ccn1. The van der Waals surface area contributed by atoms with Crippen LogP contribution in [0.15, 0.2) is 48.8 Å². The van der Waals surface area contributed by atoms with Gasteiger partial charge in [-0.3, -0.25) is 10.1 Å². The molecule has 0 amide bonds. The molecule has 4 heteroatoms. The number of rotatable bonds is 6. The molecule has 1 aromatic carbocycles. The number of aryl methyl sites for hydroxylation is 1. The average Bonchev–Trinajstić information content (AvgIpc) is 3.05. The predicted molar refractivity (Wildman–Crippen MR) is 100 cm³/mol. The van der Waals surface area contributed by atoms with E-state index in [0.29, 0.717) is 6.04 Å². The molecule has 124 valence electrons. The maximum absolute atomic E-state index is 4.47. The molecule has 0 aliphatic heterocycles. The topological polar surface area (TPSA) is 53.6 Å². The summed E-state index contributed by atoms with van der Waals surface area (Å²) >= 11 is 0. The Bertz CT molecular complexity index is 787. The van der Waals surface area contributed by atoms with Crippen LogP contribution in [0.3, 0.4) is 0 Å². The van der Waals surface area contributed by atoms with Crippen LogP contribution in [0.25, 0.3) is 22.4 Å². The monoisotopic (exact) mass is 320 g/mol. The first-order valence-electron chi connectivity index (χ1n) is 8.53. The Morgan fingerprint density at radius 1 is 1.08 bits per heavy atom. The van der Waals surface area contributed by atoms with E-state index in [1.807, 2.05) is 18.5 Å². The van der Waals surface area contributed by atoms with Crippen LogP contribution in [0.1, 0.15) is 32.9 Å². The minimum Gasteiger partial charge on any atom is -0.383 e. The van der Waals surface area contributed by atoms with E-state index in [-0.39, 0.29) is 0 Å². The van der Waals surface area contributed by atoms with Gasteiger partial charge in [0.25, 0.3) is 0 Å². The van der Waals surface area contributed by atoms with E-state index in [4.69, 9.17) is 0 Å². The fourth-order valence-corrected chi connectivity index (χ4v) is 2.83. The number of nitrogens with one attached hydrogen (secondary N) is 2. The lowest BCUT2D eigenvalue weighted by Gasteiger charge is -2.10. The largest absolute Gasteiger partial charge is 0.383 e. The maximum Gasteiger partial charge on any atom is 0.1000 e. The van der Waals surface area contributed by atoms with Crippen molar-refractivity contribution in [3.8, 4) is 22.4 Å². The van der Waals surface area contributed by atoms with Gasteiger partial charge in [-0.05, 0) is 50.1 Å². The summed E-state index contributed by atoms with van der Waals surface area (Å²) < 4.78 is 0. The van der Waals surface area contributed by atoms with E-state index in [1.165, 1.54) is 0 Å². The highest BCUT2D eigenvalue weighted by atomic mass is 15.1. The minimum atomic E-state index is 0.425. The molecule has 2 N–H and O–H groups in total.